The van der Waals surface area contributed by atoms with Crippen LogP contribution >= 0.6 is 46.4 Å². The van der Waals surface area contributed by atoms with E-state index in [0.29, 0.717) is 39.2 Å². The zero-order chi connectivity index (χ0) is 28.8. The van der Waals surface area contributed by atoms with Gasteiger partial charge < -0.3 is 26.5 Å². The maximum absolute atomic E-state index is 13.7. The number of aromatic nitrogens is 2. The first-order valence-corrected chi connectivity index (χ1v) is 13.1. The van der Waals surface area contributed by atoms with Gasteiger partial charge in [-0.3, -0.25) is 10.8 Å². The summed E-state index contributed by atoms with van der Waals surface area (Å²) in [5, 5.41) is 29.4. The first-order valence-electron chi connectivity index (χ1n) is 11.6. The number of aliphatic hydroxyl groups excluding tert-OH is 1. The van der Waals surface area contributed by atoms with E-state index in [-0.39, 0.29) is 39.1 Å². The van der Waals surface area contributed by atoms with Crippen LogP contribution in [0.1, 0.15) is 17.2 Å². The predicted molar refractivity (Wildman–Crippen MR) is 157 cm³/mol. The van der Waals surface area contributed by atoms with Gasteiger partial charge >= 0.3 is 0 Å². The number of nitrogens with two attached hydrogens (primary N) is 1. The summed E-state index contributed by atoms with van der Waals surface area (Å²) in [4.78, 5) is 8.49. The Morgan fingerprint density at radius 3 is 2.55 bits per heavy atom. The van der Waals surface area contributed by atoms with Gasteiger partial charge in [0, 0.05) is 41.3 Å². The lowest BCUT2D eigenvalue weighted by atomic mass is 10.0. The molecule has 206 valence electrons. The summed E-state index contributed by atoms with van der Waals surface area (Å²) in [5.74, 6) is 5.27. The van der Waals surface area contributed by atoms with Gasteiger partial charge in [-0.1, -0.05) is 52.5 Å². The second-order valence-corrected chi connectivity index (χ2v) is 9.84. The Balaban J connectivity index is 1.84. The quantitative estimate of drug-likeness (QED) is 0.0540. The molecule has 2 aromatic carbocycles. The number of anilines is 3. The molecule has 0 saturated heterocycles. The smallest absolute Gasteiger partial charge is 0.141 e. The maximum atomic E-state index is 13.7. The highest BCUT2D eigenvalue weighted by molar-refractivity contribution is 6.36. The van der Waals surface area contributed by atoms with Crippen molar-refractivity contribution in [1.82, 2.24) is 20.7 Å². The van der Waals surface area contributed by atoms with E-state index >= 15 is 0 Å². The Labute approximate surface area is 248 Å². The number of hydrogen-bond acceptors (Lipinski definition) is 9. The third-order valence-corrected chi connectivity index (χ3v) is 6.78. The molecule has 1 atom stereocenters. The molecule has 0 aliphatic carbocycles. The molecule has 14 heteroatoms. The first kappa shape index (κ1) is 29.4. The summed E-state index contributed by atoms with van der Waals surface area (Å²) in [5.41, 5.74) is 5.60. The Morgan fingerprint density at radius 1 is 1.10 bits per heavy atom. The molecule has 7 N–H and O–H groups in total. The number of halogens is 5. The van der Waals surface area contributed by atoms with E-state index in [2.05, 4.69) is 37.4 Å². The second kappa shape index (κ2) is 13.2. The Morgan fingerprint density at radius 2 is 1.88 bits per heavy atom. The monoisotopic (exact) mass is 620 g/mol. The number of aliphatic hydroxyl groups is 1. The molecule has 2 heterocycles. The number of rotatable bonds is 10. The minimum absolute atomic E-state index is 0.0815. The van der Waals surface area contributed by atoms with Crippen molar-refractivity contribution in [2.75, 3.05) is 23.8 Å². The second-order valence-electron chi connectivity index (χ2n) is 8.28. The molecule has 2 aromatic heterocycles. The summed E-state index contributed by atoms with van der Waals surface area (Å²) < 4.78 is 13.7. The van der Waals surface area contributed by atoms with Gasteiger partial charge in [0.1, 0.15) is 22.2 Å². The van der Waals surface area contributed by atoms with Crippen molar-refractivity contribution in [3.63, 3.8) is 0 Å². The summed E-state index contributed by atoms with van der Waals surface area (Å²) >= 11 is 25.1. The van der Waals surface area contributed by atoms with E-state index in [1.165, 1.54) is 24.4 Å². The molecular formula is C26H21Cl4FN8O. The van der Waals surface area contributed by atoms with E-state index in [1.54, 1.807) is 30.5 Å². The van der Waals surface area contributed by atoms with E-state index in [4.69, 9.17) is 52.2 Å². The molecular weight excluding hydrogens is 601 g/mol. The Hall–Kier alpha value is -3.56. The van der Waals surface area contributed by atoms with Gasteiger partial charge in [0.15, 0.2) is 0 Å². The molecule has 0 fully saturated rings. The van der Waals surface area contributed by atoms with Crippen molar-refractivity contribution < 1.29 is 9.50 Å². The lowest BCUT2D eigenvalue weighted by molar-refractivity contribution is 0.298. The average molecular weight is 622 g/mol. The topological polar surface area (TPSA) is 144 Å². The van der Waals surface area contributed by atoms with E-state index in [9.17, 15) is 14.8 Å². The summed E-state index contributed by atoms with van der Waals surface area (Å²) in [6.07, 6.45) is 2.98. The van der Waals surface area contributed by atoms with Crippen molar-refractivity contribution in [2.24, 2.45) is 5.84 Å². The molecule has 40 heavy (non-hydrogen) atoms. The highest BCUT2D eigenvalue weighted by Gasteiger charge is 2.22. The minimum atomic E-state index is -0.693. The minimum Gasteiger partial charge on any atom is -0.395 e. The summed E-state index contributed by atoms with van der Waals surface area (Å²) in [6, 6.07) is 12.2. The normalized spacial score (nSPS) is 12.1. The number of hydrogen-bond donors (Lipinski definition) is 6. The molecule has 0 bridgehead atoms. The van der Waals surface area contributed by atoms with Crippen molar-refractivity contribution >= 4 is 74.4 Å². The molecule has 0 aliphatic heterocycles. The fourth-order valence-electron chi connectivity index (χ4n) is 3.86. The SMILES string of the molecule is N#Cc1cnc2c(Cl)cc(N[C@H](/C(=C/NCCO)NN)c3ccc(Cl)nc3Cl)cc2c1Nc1ccc(F)c(Cl)c1. The van der Waals surface area contributed by atoms with E-state index in [1.807, 2.05) is 0 Å². The van der Waals surface area contributed by atoms with Gasteiger partial charge in [-0.2, -0.15) is 5.26 Å². The number of nitrogens with zero attached hydrogens (tertiary/aromatic N) is 3. The number of nitriles is 1. The number of pyridine rings is 2. The van der Waals surface area contributed by atoms with Crippen LogP contribution in [0.4, 0.5) is 21.5 Å². The molecule has 0 radical (unpaired) electrons. The van der Waals surface area contributed by atoms with Crippen LogP contribution < -0.4 is 27.2 Å². The van der Waals surface area contributed by atoms with Gasteiger partial charge in [-0.25, -0.2) is 9.37 Å². The summed E-state index contributed by atoms with van der Waals surface area (Å²) in [6.45, 7) is 0.177. The predicted octanol–water partition coefficient (Wildman–Crippen LogP) is 6.04. The fraction of sp³-hybridized carbons (Fsp3) is 0.115. The van der Waals surface area contributed by atoms with Crippen LogP contribution in [0, 0.1) is 17.1 Å². The lowest BCUT2D eigenvalue weighted by Crippen LogP contribution is -2.31. The molecule has 9 nitrogen and oxygen atoms in total. The van der Waals surface area contributed by atoms with Crippen molar-refractivity contribution in [1.29, 1.82) is 5.26 Å². The third-order valence-electron chi connectivity index (χ3n) is 5.69. The Bertz CT molecular complexity index is 1630. The fourth-order valence-corrected chi connectivity index (χ4v) is 4.77. The zero-order valence-electron chi connectivity index (χ0n) is 20.4. The molecule has 4 aromatic rings. The molecule has 0 saturated carbocycles. The zero-order valence-corrected chi connectivity index (χ0v) is 23.5. The number of hydrazine groups is 1. The van der Waals surface area contributed by atoms with Crippen LogP contribution in [0.3, 0.4) is 0 Å². The Kier molecular flexibility index (Phi) is 9.71. The number of nitrogens with one attached hydrogen (secondary N) is 4. The van der Waals surface area contributed by atoms with Crippen molar-refractivity contribution in [3.05, 3.63) is 97.9 Å². The number of benzene rings is 2. The van der Waals surface area contributed by atoms with Crippen LogP contribution in [0.25, 0.3) is 10.9 Å². The van der Waals surface area contributed by atoms with Gasteiger partial charge in [0.05, 0.1) is 45.2 Å². The van der Waals surface area contributed by atoms with Crippen LogP contribution in [-0.4, -0.2) is 28.2 Å². The van der Waals surface area contributed by atoms with Gasteiger partial charge in [0.25, 0.3) is 0 Å². The molecule has 4 rings (SSSR count). The van der Waals surface area contributed by atoms with Crippen molar-refractivity contribution in [2.45, 2.75) is 6.04 Å². The molecule has 0 spiro atoms. The van der Waals surface area contributed by atoms with Crippen LogP contribution in [0.15, 0.2) is 60.6 Å². The van der Waals surface area contributed by atoms with Gasteiger partial charge in [-0.15, -0.1) is 0 Å². The maximum Gasteiger partial charge on any atom is 0.141 e. The highest BCUT2D eigenvalue weighted by atomic mass is 35.5. The summed E-state index contributed by atoms with van der Waals surface area (Å²) in [7, 11) is 0. The molecule has 0 amide bonds. The van der Waals surface area contributed by atoms with E-state index in [0.717, 1.165) is 0 Å². The molecule has 0 unspecified atom stereocenters. The lowest BCUT2D eigenvalue weighted by Gasteiger charge is -2.24. The first-order chi connectivity index (χ1) is 19.2. The standard InChI is InChI=1S/C26H21Cl4FN8O/c27-18-8-14(1-3-20(18)31)36-23-13(10-32)11-35-24-17(23)7-15(9-19(24)28)37-25(21(39-33)12-34-5-6-40)16-2-4-22(29)38-26(16)30/h1-4,7-9,11-12,25,34,37,39-40H,5-6,33H2,(H,35,36)/b21-12-/t25-/m0/s1. The average Bonchev–Trinajstić information content (AvgIpc) is 2.93. The van der Waals surface area contributed by atoms with Crippen LogP contribution in [-0.2, 0) is 0 Å². The van der Waals surface area contributed by atoms with Gasteiger partial charge in [-0.05, 0) is 36.4 Å². The van der Waals surface area contributed by atoms with Gasteiger partial charge in [0.2, 0.25) is 0 Å². The third kappa shape index (κ3) is 6.59. The number of fused-ring (bicyclic) bond motifs is 1. The highest BCUT2D eigenvalue weighted by Crippen LogP contribution is 2.37. The van der Waals surface area contributed by atoms with Crippen LogP contribution in [0.2, 0.25) is 20.4 Å². The largest absolute Gasteiger partial charge is 0.395 e. The van der Waals surface area contributed by atoms with E-state index < -0.39 is 11.9 Å². The molecule has 0 aliphatic rings. The van der Waals surface area contributed by atoms with Crippen molar-refractivity contribution in [3.8, 4) is 6.07 Å². The van der Waals surface area contributed by atoms with Crippen LogP contribution in [0.5, 0.6) is 0 Å².